The van der Waals surface area contributed by atoms with E-state index in [9.17, 15) is 19.2 Å². The SMILES string of the molecule is C[C@H]1CC(C)(C)C[C@]2(C1)NC(=O)N(CC(=O)OCC(N)=O)C2=O. The molecule has 4 amide bonds. The Kier molecular flexibility index (Phi) is 4.37. The Bertz CT molecular complexity index is 559. The van der Waals surface area contributed by atoms with Gasteiger partial charge in [-0.1, -0.05) is 20.8 Å². The lowest BCUT2D eigenvalue weighted by atomic mass is 9.64. The third-order valence-electron chi connectivity index (χ3n) is 4.29. The molecule has 8 nitrogen and oxygen atoms in total. The van der Waals surface area contributed by atoms with Gasteiger partial charge in [0.2, 0.25) is 0 Å². The predicted molar refractivity (Wildman–Crippen MR) is 79.9 cm³/mol. The molecule has 3 N–H and O–H groups in total. The highest BCUT2D eigenvalue weighted by Gasteiger charge is 2.56. The summed E-state index contributed by atoms with van der Waals surface area (Å²) in [6.45, 7) is 5.08. The molecule has 23 heavy (non-hydrogen) atoms. The number of primary amides is 1. The Morgan fingerprint density at radius 3 is 2.57 bits per heavy atom. The van der Waals surface area contributed by atoms with E-state index in [0.29, 0.717) is 12.8 Å². The molecule has 0 aromatic rings. The maximum absolute atomic E-state index is 12.7. The molecule has 0 unspecified atom stereocenters. The van der Waals surface area contributed by atoms with E-state index < -0.39 is 42.5 Å². The van der Waals surface area contributed by atoms with Gasteiger partial charge in [0.05, 0.1) is 0 Å². The number of hydrogen-bond acceptors (Lipinski definition) is 5. The van der Waals surface area contributed by atoms with E-state index >= 15 is 0 Å². The number of carbonyl (C=O) groups is 4. The number of urea groups is 1. The lowest BCUT2D eigenvalue weighted by Crippen LogP contribution is -2.54. The van der Waals surface area contributed by atoms with Crippen molar-refractivity contribution >= 4 is 23.8 Å². The van der Waals surface area contributed by atoms with Crippen molar-refractivity contribution in [1.82, 2.24) is 10.2 Å². The van der Waals surface area contributed by atoms with E-state index in [2.05, 4.69) is 23.9 Å². The smallest absolute Gasteiger partial charge is 0.326 e. The standard InChI is InChI=1S/C15H23N3O5/c1-9-4-14(2,3)8-15(5-9)12(21)18(13(22)17-15)6-11(20)23-7-10(16)19/h9H,4-8H2,1-3H3,(H2,16,19)(H,17,22)/t9-,15-/m0/s1. The topological polar surface area (TPSA) is 119 Å². The predicted octanol–water partition coefficient (Wildman–Crippen LogP) is 0.152. The van der Waals surface area contributed by atoms with Crippen LogP contribution in [0.25, 0.3) is 0 Å². The first kappa shape index (κ1) is 17.2. The van der Waals surface area contributed by atoms with Gasteiger partial charge in [-0.25, -0.2) is 4.79 Å². The fraction of sp³-hybridized carbons (Fsp3) is 0.733. The number of ether oxygens (including phenoxy) is 1. The van der Waals surface area contributed by atoms with Crippen molar-refractivity contribution in [3.63, 3.8) is 0 Å². The molecule has 0 bridgehead atoms. The van der Waals surface area contributed by atoms with E-state index in [-0.39, 0.29) is 11.3 Å². The van der Waals surface area contributed by atoms with E-state index in [4.69, 9.17) is 5.73 Å². The zero-order valence-electron chi connectivity index (χ0n) is 13.7. The van der Waals surface area contributed by atoms with Crippen LogP contribution in [0.15, 0.2) is 0 Å². The molecule has 1 aliphatic heterocycles. The number of amides is 4. The summed E-state index contributed by atoms with van der Waals surface area (Å²) in [7, 11) is 0. The minimum Gasteiger partial charge on any atom is -0.454 e. The molecule has 2 aliphatic rings. The molecule has 0 aromatic heterocycles. The average molecular weight is 325 g/mol. The summed E-state index contributed by atoms with van der Waals surface area (Å²) in [6, 6.07) is -0.601. The second kappa shape index (κ2) is 5.82. The van der Waals surface area contributed by atoms with Gasteiger partial charge in [0, 0.05) is 0 Å². The van der Waals surface area contributed by atoms with Crippen LogP contribution in [0.4, 0.5) is 4.79 Å². The minimum atomic E-state index is -0.956. The number of hydrogen-bond donors (Lipinski definition) is 2. The van der Waals surface area contributed by atoms with Crippen molar-refractivity contribution in [2.75, 3.05) is 13.2 Å². The average Bonchev–Trinajstić information content (AvgIpc) is 2.58. The third-order valence-corrected chi connectivity index (χ3v) is 4.29. The van der Waals surface area contributed by atoms with Crippen LogP contribution < -0.4 is 11.1 Å². The maximum atomic E-state index is 12.7. The van der Waals surface area contributed by atoms with Crippen LogP contribution in [0.1, 0.15) is 40.0 Å². The molecule has 8 heteroatoms. The Morgan fingerprint density at radius 2 is 2.00 bits per heavy atom. The number of esters is 1. The summed E-state index contributed by atoms with van der Waals surface area (Å²) in [4.78, 5) is 48.0. The second-order valence-corrected chi connectivity index (χ2v) is 7.38. The minimum absolute atomic E-state index is 0.0803. The first-order chi connectivity index (χ1) is 10.5. The van der Waals surface area contributed by atoms with E-state index in [0.717, 1.165) is 11.3 Å². The molecule has 1 heterocycles. The van der Waals surface area contributed by atoms with Crippen molar-refractivity contribution in [1.29, 1.82) is 0 Å². The molecule has 1 aliphatic carbocycles. The first-order valence-corrected chi connectivity index (χ1v) is 7.63. The van der Waals surface area contributed by atoms with Gasteiger partial charge in [-0.2, -0.15) is 0 Å². The quantitative estimate of drug-likeness (QED) is 0.563. The molecule has 2 rings (SSSR count). The number of nitrogens with one attached hydrogen (secondary N) is 1. The Balaban J connectivity index is 2.10. The summed E-state index contributed by atoms with van der Waals surface area (Å²) in [5, 5.41) is 2.76. The van der Waals surface area contributed by atoms with Gasteiger partial charge in [-0.3, -0.25) is 19.3 Å². The van der Waals surface area contributed by atoms with Gasteiger partial charge in [-0.15, -0.1) is 0 Å². The van der Waals surface area contributed by atoms with Crippen LogP contribution in [0.2, 0.25) is 0 Å². The zero-order chi connectivity index (χ0) is 17.4. The van der Waals surface area contributed by atoms with Crippen LogP contribution >= 0.6 is 0 Å². The molecule has 0 aromatic carbocycles. The first-order valence-electron chi connectivity index (χ1n) is 7.63. The molecular weight excluding hydrogens is 302 g/mol. The summed E-state index contributed by atoms with van der Waals surface area (Å²) >= 11 is 0. The van der Waals surface area contributed by atoms with Crippen LogP contribution in [0.3, 0.4) is 0 Å². The fourth-order valence-electron chi connectivity index (χ4n) is 3.98. The van der Waals surface area contributed by atoms with Gasteiger partial charge in [0.25, 0.3) is 11.8 Å². The van der Waals surface area contributed by atoms with Crippen molar-refractivity contribution in [3.8, 4) is 0 Å². The van der Waals surface area contributed by atoms with E-state index in [1.54, 1.807) is 0 Å². The molecule has 1 saturated heterocycles. The number of imide groups is 1. The van der Waals surface area contributed by atoms with Gasteiger partial charge < -0.3 is 15.8 Å². The Labute approximate surface area is 134 Å². The largest absolute Gasteiger partial charge is 0.454 e. The molecule has 2 atom stereocenters. The second-order valence-electron chi connectivity index (χ2n) is 7.38. The van der Waals surface area contributed by atoms with Gasteiger partial charge >= 0.3 is 12.0 Å². The molecule has 0 radical (unpaired) electrons. The highest BCUT2D eigenvalue weighted by atomic mass is 16.5. The number of nitrogens with two attached hydrogens (primary N) is 1. The van der Waals surface area contributed by atoms with Gasteiger partial charge in [-0.05, 0) is 30.6 Å². The lowest BCUT2D eigenvalue weighted by Gasteiger charge is -2.43. The molecule has 1 spiro atoms. The van der Waals surface area contributed by atoms with E-state index in [1.165, 1.54) is 0 Å². The van der Waals surface area contributed by atoms with Crippen LogP contribution in [0.5, 0.6) is 0 Å². The zero-order valence-corrected chi connectivity index (χ0v) is 13.7. The van der Waals surface area contributed by atoms with Crippen molar-refractivity contribution in [3.05, 3.63) is 0 Å². The fourth-order valence-corrected chi connectivity index (χ4v) is 3.98. The van der Waals surface area contributed by atoms with Crippen LogP contribution in [-0.2, 0) is 19.1 Å². The highest BCUT2D eigenvalue weighted by molar-refractivity contribution is 6.08. The van der Waals surface area contributed by atoms with Gasteiger partial charge in [0.1, 0.15) is 12.1 Å². The summed E-state index contributed by atoms with van der Waals surface area (Å²) < 4.78 is 4.61. The Hall–Kier alpha value is -2.12. The number of rotatable bonds is 4. The van der Waals surface area contributed by atoms with Gasteiger partial charge in [0.15, 0.2) is 6.61 Å². The number of nitrogens with zero attached hydrogens (tertiary/aromatic N) is 1. The van der Waals surface area contributed by atoms with Crippen LogP contribution in [-0.4, -0.2) is 47.4 Å². The van der Waals surface area contributed by atoms with E-state index in [1.807, 2.05) is 6.92 Å². The molecule has 2 fully saturated rings. The molecule has 128 valence electrons. The lowest BCUT2D eigenvalue weighted by molar-refractivity contribution is -0.151. The third kappa shape index (κ3) is 3.62. The van der Waals surface area contributed by atoms with Crippen molar-refractivity contribution in [2.24, 2.45) is 17.1 Å². The van der Waals surface area contributed by atoms with Crippen LogP contribution in [0, 0.1) is 11.3 Å². The summed E-state index contributed by atoms with van der Waals surface area (Å²) in [6.07, 6.45) is 2.05. The molecule has 1 saturated carbocycles. The normalized spacial score (nSPS) is 29.5. The summed E-state index contributed by atoms with van der Waals surface area (Å²) in [5.41, 5.74) is 3.85. The monoisotopic (exact) mass is 325 g/mol. The van der Waals surface area contributed by atoms with Crippen molar-refractivity contribution < 1.29 is 23.9 Å². The summed E-state index contributed by atoms with van der Waals surface area (Å²) in [5.74, 6) is -1.76. The Morgan fingerprint density at radius 1 is 1.35 bits per heavy atom. The maximum Gasteiger partial charge on any atom is 0.326 e. The van der Waals surface area contributed by atoms with Crippen molar-refractivity contribution in [2.45, 2.75) is 45.6 Å². The highest BCUT2D eigenvalue weighted by Crippen LogP contribution is 2.46. The number of carbonyl (C=O) groups excluding carboxylic acids is 4. The molecular formula is C15H23N3O5.